The maximum absolute atomic E-state index is 13.2. The minimum Gasteiger partial charge on any atom is -0.350 e. The van der Waals surface area contributed by atoms with E-state index in [4.69, 9.17) is 0 Å². The van der Waals surface area contributed by atoms with Gasteiger partial charge in [-0.15, -0.1) is 0 Å². The maximum Gasteiger partial charge on any atom is 0.435 e. The number of aromatic nitrogens is 2. The third-order valence-corrected chi connectivity index (χ3v) is 3.50. The number of aryl methyl sites for hydroxylation is 1. The van der Waals surface area contributed by atoms with E-state index in [1.807, 2.05) is 0 Å². The molecule has 7 nitrogen and oxygen atoms in total. The van der Waals surface area contributed by atoms with E-state index < -0.39 is 28.3 Å². The van der Waals surface area contributed by atoms with Gasteiger partial charge in [-0.25, -0.2) is 0 Å². The molecule has 0 saturated carbocycles. The number of nitrogens with zero attached hydrogens (tertiary/aromatic N) is 3. The Kier molecular flexibility index (Phi) is 5.33. The highest BCUT2D eigenvalue weighted by Gasteiger charge is 2.39. The summed E-state index contributed by atoms with van der Waals surface area (Å²) in [4.78, 5) is 22.3. The lowest BCUT2D eigenvalue weighted by Crippen LogP contribution is -2.31. The minimum absolute atomic E-state index is 0.0587. The molecule has 2 rings (SSSR count). The van der Waals surface area contributed by atoms with E-state index in [1.54, 1.807) is 13.8 Å². The fourth-order valence-corrected chi connectivity index (χ4v) is 2.43. The predicted octanol–water partition coefficient (Wildman–Crippen LogP) is 3.31. The molecule has 0 aliphatic rings. The SMILES string of the molecule is Cc1cc(Cn2cc(C(=O)NC(C)C)c(C(F)(F)F)n2)ccc1[N+](=O)[O-]. The lowest BCUT2D eigenvalue weighted by molar-refractivity contribution is -0.385. The Morgan fingerprint density at radius 3 is 2.54 bits per heavy atom. The van der Waals surface area contributed by atoms with Gasteiger partial charge in [-0.05, 0) is 32.4 Å². The van der Waals surface area contributed by atoms with E-state index >= 15 is 0 Å². The van der Waals surface area contributed by atoms with Gasteiger partial charge in [0.25, 0.3) is 11.6 Å². The Morgan fingerprint density at radius 2 is 2.04 bits per heavy atom. The van der Waals surface area contributed by atoms with Gasteiger partial charge in [0.1, 0.15) is 0 Å². The number of halogens is 3. The molecule has 0 aliphatic carbocycles. The topological polar surface area (TPSA) is 90.1 Å². The van der Waals surface area contributed by atoms with Crippen LogP contribution in [0.15, 0.2) is 24.4 Å². The van der Waals surface area contributed by atoms with Gasteiger partial charge < -0.3 is 5.32 Å². The van der Waals surface area contributed by atoms with Crippen molar-refractivity contribution < 1.29 is 22.9 Å². The Morgan fingerprint density at radius 1 is 1.38 bits per heavy atom. The molecule has 2 aromatic rings. The molecule has 0 unspecified atom stereocenters. The van der Waals surface area contributed by atoms with Crippen molar-refractivity contribution in [2.45, 2.75) is 39.5 Å². The molecule has 0 saturated heterocycles. The molecule has 0 bridgehead atoms. The van der Waals surface area contributed by atoms with Crippen LogP contribution in [-0.2, 0) is 12.7 Å². The van der Waals surface area contributed by atoms with Gasteiger partial charge >= 0.3 is 6.18 Å². The van der Waals surface area contributed by atoms with Crippen LogP contribution in [-0.4, -0.2) is 26.7 Å². The highest BCUT2D eigenvalue weighted by atomic mass is 19.4. The first kappa shape index (κ1) is 19.4. The monoisotopic (exact) mass is 370 g/mol. The van der Waals surface area contributed by atoms with Crippen molar-refractivity contribution in [2.24, 2.45) is 0 Å². The Bertz CT molecular complexity index is 844. The van der Waals surface area contributed by atoms with E-state index in [0.29, 0.717) is 11.1 Å². The van der Waals surface area contributed by atoms with Crippen LogP contribution in [0.3, 0.4) is 0 Å². The first-order valence-electron chi connectivity index (χ1n) is 7.68. The number of nitrogens with one attached hydrogen (secondary N) is 1. The zero-order chi connectivity index (χ0) is 19.6. The number of carbonyl (C=O) groups excluding carboxylic acids is 1. The minimum atomic E-state index is -4.78. The fourth-order valence-electron chi connectivity index (χ4n) is 2.43. The normalized spacial score (nSPS) is 11.7. The van der Waals surface area contributed by atoms with Crippen LogP contribution in [0.5, 0.6) is 0 Å². The summed E-state index contributed by atoms with van der Waals surface area (Å²) in [5, 5.41) is 16.7. The summed E-state index contributed by atoms with van der Waals surface area (Å²) < 4.78 is 40.5. The summed E-state index contributed by atoms with van der Waals surface area (Å²) in [6.07, 6.45) is -3.75. The Hall–Kier alpha value is -2.91. The fraction of sp³-hybridized carbons (Fsp3) is 0.375. The molecule has 0 aliphatic heterocycles. The molecule has 1 N–H and O–H groups in total. The summed E-state index contributed by atoms with van der Waals surface area (Å²) in [5.41, 5.74) is -1.00. The number of nitro benzene ring substituents is 1. The second-order valence-corrected chi connectivity index (χ2v) is 6.09. The number of carbonyl (C=O) groups is 1. The third kappa shape index (κ3) is 4.38. The molecule has 26 heavy (non-hydrogen) atoms. The molecule has 0 spiro atoms. The van der Waals surface area contributed by atoms with Crippen molar-refractivity contribution in [3.8, 4) is 0 Å². The zero-order valence-electron chi connectivity index (χ0n) is 14.3. The predicted molar refractivity (Wildman–Crippen MR) is 86.8 cm³/mol. The maximum atomic E-state index is 13.2. The molecule has 0 fully saturated rings. The number of amides is 1. The van der Waals surface area contributed by atoms with Gasteiger partial charge in [-0.2, -0.15) is 18.3 Å². The number of benzene rings is 1. The molecule has 0 radical (unpaired) electrons. The van der Waals surface area contributed by atoms with E-state index in [-0.39, 0.29) is 18.3 Å². The molecule has 140 valence electrons. The van der Waals surface area contributed by atoms with E-state index in [0.717, 1.165) is 10.9 Å². The smallest absolute Gasteiger partial charge is 0.350 e. The quantitative estimate of drug-likeness (QED) is 0.646. The summed E-state index contributed by atoms with van der Waals surface area (Å²) in [5.74, 6) is -0.863. The standard InChI is InChI=1S/C16H17F3N4O3/c1-9(2)20-15(24)12-8-22(21-14(12)16(17,18)19)7-11-4-5-13(23(25)26)10(3)6-11/h4-6,8-9H,7H2,1-3H3,(H,20,24). The highest BCUT2D eigenvalue weighted by molar-refractivity contribution is 5.95. The summed E-state index contributed by atoms with van der Waals surface area (Å²) >= 11 is 0. The van der Waals surface area contributed by atoms with Crippen LogP contribution in [0.2, 0.25) is 0 Å². The summed E-state index contributed by atoms with van der Waals surface area (Å²) in [7, 11) is 0. The van der Waals surface area contributed by atoms with Gasteiger partial charge in [0, 0.05) is 23.9 Å². The second-order valence-electron chi connectivity index (χ2n) is 6.09. The first-order chi connectivity index (χ1) is 12.0. The molecule has 1 amide bonds. The molecule has 1 heterocycles. The highest BCUT2D eigenvalue weighted by Crippen LogP contribution is 2.31. The van der Waals surface area contributed by atoms with Crippen LogP contribution in [0, 0.1) is 17.0 Å². The van der Waals surface area contributed by atoms with E-state index in [2.05, 4.69) is 10.4 Å². The van der Waals surface area contributed by atoms with Gasteiger partial charge in [-0.3, -0.25) is 19.6 Å². The lowest BCUT2D eigenvalue weighted by Gasteiger charge is -2.09. The van der Waals surface area contributed by atoms with E-state index in [1.165, 1.54) is 25.1 Å². The van der Waals surface area contributed by atoms with Crippen LogP contribution in [0.25, 0.3) is 0 Å². The Labute approximate surface area is 147 Å². The zero-order valence-corrected chi connectivity index (χ0v) is 14.3. The largest absolute Gasteiger partial charge is 0.435 e. The number of hydrogen-bond acceptors (Lipinski definition) is 4. The second kappa shape index (κ2) is 7.14. The van der Waals surface area contributed by atoms with E-state index in [9.17, 15) is 28.1 Å². The lowest BCUT2D eigenvalue weighted by atomic mass is 10.1. The molecule has 1 aromatic heterocycles. The number of nitro groups is 1. The van der Waals surface area contributed by atoms with Crippen molar-refractivity contribution in [1.82, 2.24) is 15.1 Å². The van der Waals surface area contributed by atoms with Crippen LogP contribution in [0.4, 0.5) is 18.9 Å². The van der Waals surface area contributed by atoms with Crippen molar-refractivity contribution >= 4 is 11.6 Å². The molecule has 10 heteroatoms. The molecule has 1 aromatic carbocycles. The average Bonchev–Trinajstić information content (AvgIpc) is 2.90. The number of rotatable bonds is 5. The number of alkyl halides is 3. The van der Waals surface area contributed by atoms with Crippen LogP contribution >= 0.6 is 0 Å². The molecule has 0 atom stereocenters. The van der Waals surface area contributed by atoms with Crippen LogP contribution in [0.1, 0.15) is 41.0 Å². The molecular formula is C16H17F3N4O3. The van der Waals surface area contributed by atoms with Gasteiger partial charge in [-0.1, -0.05) is 6.07 Å². The molecular weight excluding hydrogens is 353 g/mol. The Balaban J connectivity index is 2.36. The van der Waals surface area contributed by atoms with Crippen molar-refractivity contribution in [1.29, 1.82) is 0 Å². The van der Waals surface area contributed by atoms with Crippen molar-refractivity contribution in [3.63, 3.8) is 0 Å². The van der Waals surface area contributed by atoms with Crippen molar-refractivity contribution in [2.75, 3.05) is 0 Å². The first-order valence-corrected chi connectivity index (χ1v) is 7.68. The van der Waals surface area contributed by atoms with Crippen LogP contribution < -0.4 is 5.32 Å². The third-order valence-electron chi connectivity index (χ3n) is 3.50. The summed E-state index contributed by atoms with van der Waals surface area (Å²) in [6.45, 7) is 4.74. The average molecular weight is 370 g/mol. The van der Waals surface area contributed by atoms with Crippen molar-refractivity contribution in [3.05, 3.63) is 56.9 Å². The van der Waals surface area contributed by atoms with Gasteiger partial charge in [0.2, 0.25) is 0 Å². The summed E-state index contributed by atoms with van der Waals surface area (Å²) in [6, 6.07) is 3.89. The van der Waals surface area contributed by atoms with Gasteiger partial charge in [0.05, 0.1) is 17.0 Å². The number of hydrogen-bond donors (Lipinski definition) is 1. The van der Waals surface area contributed by atoms with Gasteiger partial charge in [0.15, 0.2) is 5.69 Å².